The van der Waals surface area contributed by atoms with Crippen molar-refractivity contribution in [2.45, 2.75) is 27.3 Å². The molecule has 1 heterocycles. The van der Waals surface area contributed by atoms with Crippen molar-refractivity contribution in [2.75, 3.05) is 16.4 Å². The Bertz CT molecular complexity index is 1220. The van der Waals surface area contributed by atoms with Gasteiger partial charge in [-0.25, -0.2) is 0 Å². The van der Waals surface area contributed by atoms with Crippen molar-refractivity contribution in [3.05, 3.63) is 88.7 Å². The van der Waals surface area contributed by atoms with Crippen LogP contribution in [0.5, 0.6) is 0 Å². The maximum absolute atomic E-state index is 12.5. The summed E-state index contributed by atoms with van der Waals surface area (Å²) in [7, 11) is 0. The van der Waals surface area contributed by atoms with E-state index < -0.39 is 0 Å². The van der Waals surface area contributed by atoms with Crippen LogP contribution in [0.1, 0.15) is 32.8 Å². The molecule has 0 fully saturated rings. The van der Waals surface area contributed by atoms with Gasteiger partial charge in [-0.3, -0.25) is 4.79 Å². The highest BCUT2D eigenvalue weighted by Crippen LogP contribution is 2.25. The van der Waals surface area contributed by atoms with Gasteiger partial charge in [0.2, 0.25) is 0 Å². The second-order valence-electron chi connectivity index (χ2n) is 7.61. The Balaban J connectivity index is 1.50. The Hall–Kier alpha value is -3.73. The minimum atomic E-state index is -0.329. The van der Waals surface area contributed by atoms with Crippen LogP contribution in [0.25, 0.3) is 11.0 Å². The zero-order valence-electron chi connectivity index (χ0n) is 17.4. The van der Waals surface area contributed by atoms with E-state index in [0.29, 0.717) is 17.0 Å². The van der Waals surface area contributed by atoms with Crippen LogP contribution in [-0.2, 0) is 6.54 Å². The van der Waals surface area contributed by atoms with Gasteiger partial charge < -0.3 is 20.8 Å². The van der Waals surface area contributed by atoms with E-state index in [1.54, 1.807) is 18.2 Å². The fraction of sp³-hybridized carbons (Fsp3) is 0.160. The molecule has 0 aliphatic rings. The zero-order chi connectivity index (χ0) is 21.3. The second-order valence-corrected chi connectivity index (χ2v) is 7.61. The number of furan rings is 1. The summed E-state index contributed by atoms with van der Waals surface area (Å²) in [5.41, 5.74) is 13.8. The van der Waals surface area contributed by atoms with Gasteiger partial charge in [-0.1, -0.05) is 24.3 Å². The first-order valence-corrected chi connectivity index (χ1v) is 9.91. The molecule has 0 aliphatic carbocycles. The third-order valence-electron chi connectivity index (χ3n) is 5.43. The van der Waals surface area contributed by atoms with Gasteiger partial charge in [-0.05, 0) is 79.4 Å². The second kappa shape index (κ2) is 7.95. The highest BCUT2D eigenvalue weighted by molar-refractivity contribution is 6.06. The van der Waals surface area contributed by atoms with Crippen LogP contribution in [0.3, 0.4) is 0 Å². The maximum atomic E-state index is 12.5. The maximum Gasteiger partial charge on any atom is 0.291 e. The lowest BCUT2D eigenvalue weighted by molar-refractivity contribution is 0.0999. The molecule has 0 unspecified atom stereocenters. The number of nitrogen functional groups attached to an aromatic ring is 1. The zero-order valence-corrected chi connectivity index (χ0v) is 17.4. The van der Waals surface area contributed by atoms with E-state index in [1.807, 2.05) is 30.3 Å². The minimum Gasteiger partial charge on any atom is -0.451 e. The Morgan fingerprint density at radius 2 is 1.70 bits per heavy atom. The number of para-hydroxylation sites is 2. The average molecular weight is 399 g/mol. The van der Waals surface area contributed by atoms with Crippen LogP contribution in [0.2, 0.25) is 0 Å². The summed E-state index contributed by atoms with van der Waals surface area (Å²) >= 11 is 0. The topological polar surface area (TPSA) is 80.3 Å². The van der Waals surface area contributed by atoms with Crippen molar-refractivity contribution in [2.24, 2.45) is 0 Å². The van der Waals surface area contributed by atoms with Crippen molar-refractivity contribution < 1.29 is 9.21 Å². The summed E-state index contributed by atoms with van der Waals surface area (Å²) in [6.45, 7) is 7.15. The summed E-state index contributed by atoms with van der Waals surface area (Å²) in [6.07, 6.45) is 0. The van der Waals surface area contributed by atoms with E-state index in [4.69, 9.17) is 10.2 Å². The van der Waals surface area contributed by atoms with E-state index in [-0.39, 0.29) is 11.7 Å². The molecule has 1 amide bonds. The van der Waals surface area contributed by atoms with Crippen molar-refractivity contribution in [1.82, 2.24) is 0 Å². The molecular formula is C25H25N3O2. The number of carbonyl (C=O) groups is 1. The Labute approximate surface area is 175 Å². The summed E-state index contributed by atoms with van der Waals surface area (Å²) in [6, 6.07) is 19.1. The van der Waals surface area contributed by atoms with Gasteiger partial charge >= 0.3 is 0 Å². The molecule has 0 saturated heterocycles. The van der Waals surface area contributed by atoms with Crippen LogP contribution in [0.4, 0.5) is 17.1 Å². The number of carbonyl (C=O) groups excluding carboxylic acids is 1. The quantitative estimate of drug-likeness (QED) is 0.370. The predicted molar refractivity (Wildman–Crippen MR) is 123 cm³/mol. The average Bonchev–Trinajstić information content (AvgIpc) is 3.15. The number of aryl methyl sites for hydroxylation is 2. The SMILES string of the molecule is Cc1cc(CNc2ccc3oc(C(=O)Nc4ccccc4N)cc3c2)cc(C)c1C. The third kappa shape index (κ3) is 4.01. The van der Waals surface area contributed by atoms with Gasteiger partial charge in [0, 0.05) is 17.6 Å². The molecule has 0 aliphatic heterocycles. The van der Waals surface area contributed by atoms with E-state index in [0.717, 1.165) is 17.6 Å². The Kier molecular flexibility index (Phi) is 5.19. The standard InChI is InChI=1S/C25H25N3O2/c1-15-10-18(11-16(2)17(15)3)14-27-20-8-9-23-19(12-20)13-24(30-23)25(29)28-22-7-5-4-6-21(22)26/h4-13,27H,14,26H2,1-3H3,(H,28,29). The molecular weight excluding hydrogens is 374 g/mol. The number of rotatable bonds is 5. The highest BCUT2D eigenvalue weighted by Gasteiger charge is 2.14. The summed E-state index contributed by atoms with van der Waals surface area (Å²) < 4.78 is 5.72. The van der Waals surface area contributed by atoms with Gasteiger partial charge in [-0.2, -0.15) is 0 Å². The van der Waals surface area contributed by atoms with Crippen molar-refractivity contribution in [1.29, 1.82) is 0 Å². The van der Waals surface area contributed by atoms with Crippen LogP contribution in [0, 0.1) is 20.8 Å². The lowest BCUT2D eigenvalue weighted by atomic mass is 10.0. The molecule has 30 heavy (non-hydrogen) atoms. The summed E-state index contributed by atoms with van der Waals surface area (Å²) in [5.74, 6) is -0.0839. The van der Waals surface area contributed by atoms with E-state index >= 15 is 0 Å². The van der Waals surface area contributed by atoms with E-state index in [1.165, 1.54) is 22.3 Å². The smallest absolute Gasteiger partial charge is 0.291 e. The van der Waals surface area contributed by atoms with Gasteiger partial charge in [0.25, 0.3) is 5.91 Å². The fourth-order valence-electron chi connectivity index (χ4n) is 3.49. The van der Waals surface area contributed by atoms with Crippen molar-refractivity contribution in [3.8, 4) is 0 Å². The molecule has 0 atom stereocenters. The molecule has 3 aromatic carbocycles. The number of fused-ring (bicyclic) bond motifs is 1. The van der Waals surface area contributed by atoms with Crippen LogP contribution in [0.15, 0.2) is 65.1 Å². The molecule has 0 spiro atoms. The summed E-state index contributed by atoms with van der Waals surface area (Å²) in [5, 5.41) is 7.11. The highest BCUT2D eigenvalue weighted by atomic mass is 16.3. The number of nitrogens with two attached hydrogens (primary N) is 1. The third-order valence-corrected chi connectivity index (χ3v) is 5.43. The van der Waals surface area contributed by atoms with Gasteiger partial charge in [0.15, 0.2) is 5.76 Å². The number of anilines is 3. The van der Waals surface area contributed by atoms with Crippen LogP contribution >= 0.6 is 0 Å². The first kappa shape index (κ1) is 19.6. The molecule has 0 saturated carbocycles. The lowest BCUT2D eigenvalue weighted by Crippen LogP contribution is -2.12. The number of hydrogen-bond donors (Lipinski definition) is 3. The summed E-state index contributed by atoms with van der Waals surface area (Å²) in [4.78, 5) is 12.5. The normalized spacial score (nSPS) is 10.9. The molecule has 4 rings (SSSR count). The van der Waals surface area contributed by atoms with Gasteiger partial charge in [0.05, 0.1) is 11.4 Å². The fourth-order valence-corrected chi connectivity index (χ4v) is 3.49. The molecule has 1 aromatic heterocycles. The van der Waals surface area contributed by atoms with Crippen molar-refractivity contribution >= 4 is 33.9 Å². The Morgan fingerprint density at radius 1 is 0.967 bits per heavy atom. The first-order chi connectivity index (χ1) is 14.4. The molecule has 0 bridgehead atoms. The first-order valence-electron chi connectivity index (χ1n) is 9.91. The number of hydrogen-bond acceptors (Lipinski definition) is 4. The Morgan fingerprint density at radius 3 is 2.43 bits per heavy atom. The van der Waals surface area contributed by atoms with Gasteiger partial charge in [-0.15, -0.1) is 0 Å². The van der Waals surface area contributed by atoms with Gasteiger partial charge in [0.1, 0.15) is 5.58 Å². The lowest BCUT2D eigenvalue weighted by Gasteiger charge is -2.11. The monoisotopic (exact) mass is 399 g/mol. The van der Waals surface area contributed by atoms with E-state index in [2.05, 4.69) is 43.5 Å². The molecule has 0 radical (unpaired) electrons. The molecule has 4 N–H and O–H groups in total. The number of nitrogens with one attached hydrogen (secondary N) is 2. The van der Waals surface area contributed by atoms with E-state index in [9.17, 15) is 4.79 Å². The number of amides is 1. The van der Waals surface area contributed by atoms with Crippen LogP contribution in [-0.4, -0.2) is 5.91 Å². The molecule has 152 valence electrons. The number of benzene rings is 3. The molecule has 5 nitrogen and oxygen atoms in total. The minimum absolute atomic E-state index is 0.246. The molecule has 5 heteroatoms. The predicted octanol–water partition coefficient (Wildman–Crippen LogP) is 5.80. The largest absolute Gasteiger partial charge is 0.451 e. The van der Waals surface area contributed by atoms with Crippen LogP contribution < -0.4 is 16.4 Å². The van der Waals surface area contributed by atoms with Crippen molar-refractivity contribution in [3.63, 3.8) is 0 Å². The molecule has 4 aromatic rings.